The predicted octanol–water partition coefficient (Wildman–Crippen LogP) is 3.09. The van der Waals surface area contributed by atoms with Crippen LogP contribution in [-0.2, 0) is 22.6 Å². The van der Waals surface area contributed by atoms with E-state index in [9.17, 15) is 0 Å². The van der Waals surface area contributed by atoms with Crippen LogP contribution in [0.15, 0.2) is 41.2 Å². The first kappa shape index (κ1) is 15.3. The van der Waals surface area contributed by atoms with Crippen LogP contribution in [0.4, 0.5) is 0 Å². The van der Waals surface area contributed by atoms with Gasteiger partial charge in [-0.1, -0.05) is 6.07 Å². The molecule has 0 spiro atoms. The maximum absolute atomic E-state index is 6.18. The molecule has 0 amide bonds. The van der Waals surface area contributed by atoms with Gasteiger partial charge in [-0.05, 0) is 47.4 Å². The van der Waals surface area contributed by atoms with Crippen LogP contribution in [0, 0.1) is 0 Å². The molecule has 0 bridgehead atoms. The van der Waals surface area contributed by atoms with E-state index in [-0.39, 0.29) is 12.2 Å². The molecule has 2 fully saturated rings. The zero-order valence-electron chi connectivity index (χ0n) is 13.1. The average Bonchev–Trinajstić information content (AvgIpc) is 3.23. The zero-order chi connectivity index (χ0) is 15.5. The molecule has 2 saturated heterocycles. The Morgan fingerprint density at radius 3 is 3.17 bits per heavy atom. The number of nitrogens with zero attached hydrogens (tertiary/aromatic N) is 2. The summed E-state index contributed by atoms with van der Waals surface area (Å²) in [4.78, 5) is 6.88. The Bertz CT molecular complexity index is 605. The van der Waals surface area contributed by atoms with E-state index in [1.54, 1.807) is 11.3 Å². The van der Waals surface area contributed by atoms with Crippen molar-refractivity contribution >= 4 is 11.3 Å². The fraction of sp³-hybridized carbons (Fsp3) is 0.500. The molecule has 0 unspecified atom stereocenters. The molecule has 0 N–H and O–H groups in total. The van der Waals surface area contributed by atoms with Crippen molar-refractivity contribution < 1.29 is 9.47 Å². The summed E-state index contributed by atoms with van der Waals surface area (Å²) < 4.78 is 12.2. The summed E-state index contributed by atoms with van der Waals surface area (Å²) in [5.41, 5.74) is 2.38. The highest BCUT2D eigenvalue weighted by Crippen LogP contribution is 2.32. The number of pyridine rings is 1. The number of ether oxygens (including phenoxy) is 2. The lowest BCUT2D eigenvalue weighted by Crippen LogP contribution is -2.41. The van der Waals surface area contributed by atoms with Gasteiger partial charge < -0.3 is 9.47 Å². The van der Waals surface area contributed by atoms with Gasteiger partial charge in [0.2, 0.25) is 0 Å². The molecule has 4 rings (SSSR count). The minimum absolute atomic E-state index is 0.140. The quantitative estimate of drug-likeness (QED) is 0.844. The molecule has 2 aliphatic rings. The Kier molecular flexibility index (Phi) is 4.71. The second kappa shape index (κ2) is 7.09. The maximum Gasteiger partial charge on any atom is 0.100 e. The molecular weight excluding hydrogens is 308 g/mol. The van der Waals surface area contributed by atoms with Crippen LogP contribution in [0.2, 0.25) is 0 Å². The van der Waals surface area contributed by atoms with Crippen molar-refractivity contribution in [3.8, 4) is 0 Å². The Labute approximate surface area is 141 Å². The number of hydrogen-bond donors (Lipinski definition) is 0. The van der Waals surface area contributed by atoms with Crippen molar-refractivity contribution in [2.75, 3.05) is 13.2 Å². The van der Waals surface area contributed by atoms with Gasteiger partial charge in [0.1, 0.15) is 6.10 Å². The van der Waals surface area contributed by atoms with Crippen LogP contribution in [0.5, 0.6) is 0 Å². The number of thiophene rings is 1. The summed E-state index contributed by atoms with van der Waals surface area (Å²) in [6.45, 7) is 3.36. The van der Waals surface area contributed by atoms with Gasteiger partial charge in [-0.15, -0.1) is 0 Å². The van der Waals surface area contributed by atoms with E-state index < -0.39 is 0 Å². The van der Waals surface area contributed by atoms with Gasteiger partial charge in [0.15, 0.2) is 0 Å². The lowest BCUT2D eigenvalue weighted by atomic mass is 10.0. The van der Waals surface area contributed by atoms with E-state index in [4.69, 9.17) is 9.47 Å². The highest BCUT2D eigenvalue weighted by Gasteiger charge is 2.44. The lowest BCUT2D eigenvalue weighted by molar-refractivity contribution is -0.0824. The Hall–Kier alpha value is -1.27. The van der Waals surface area contributed by atoms with Crippen LogP contribution in [-0.4, -0.2) is 41.3 Å². The van der Waals surface area contributed by atoms with Gasteiger partial charge >= 0.3 is 0 Å². The molecule has 0 saturated carbocycles. The molecule has 4 nitrogen and oxygen atoms in total. The standard InChI is InChI=1S/C18H22N2O2S/c1-2-7-19-15(4-1)12-22-17-11-20(10-14-6-9-23-13-14)16-5-3-8-21-18(16)17/h1-2,4,6-7,9,13,16-18H,3,5,8,10-12H2/t16-,17+,18+/m0/s1. The van der Waals surface area contributed by atoms with Crippen LogP contribution in [0.1, 0.15) is 24.1 Å². The van der Waals surface area contributed by atoms with E-state index in [1.807, 2.05) is 24.4 Å². The molecule has 3 atom stereocenters. The van der Waals surface area contributed by atoms with Crippen LogP contribution < -0.4 is 0 Å². The summed E-state index contributed by atoms with van der Waals surface area (Å²) in [6.07, 6.45) is 4.51. The van der Waals surface area contributed by atoms with Crippen molar-refractivity contribution in [1.82, 2.24) is 9.88 Å². The molecular formula is C18H22N2O2S. The third-order valence-electron chi connectivity index (χ3n) is 4.72. The summed E-state index contributed by atoms with van der Waals surface area (Å²) in [5, 5.41) is 4.38. The monoisotopic (exact) mass is 330 g/mol. The van der Waals surface area contributed by atoms with Crippen molar-refractivity contribution in [3.63, 3.8) is 0 Å². The SMILES string of the molecule is c1ccc(CO[C@@H]2CN(Cc3ccsc3)[C@H]3CCCO[C@@H]23)nc1. The molecule has 0 aliphatic carbocycles. The zero-order valence-corrected chi connectivity index (χ0v) is 14.0. The van der Waals surface area contributed by atoms with Gasteiger partial charge in [0.25, 0.3) is 0 Å². The number of fused-ring (bicyclic) bond motifs is 1. The van der Waals surface area contributed by atoms with Crippen molar-refractivity contribution in [3.05, 3.63) is 52.5 Å². The molecule has 122 valence electrons. The van der Waals surface area contributed by atoms with E-state index in [0.29, 0.717) is 12.6 Å². The average molecular weight is 330 g/mol. The second-order valence-electron chi connectivity index (χ2n) is 6.28. The smallest absolute Gasteiger partial charge is 0.100 e. The van der Waals surface area contributed by atoms with Crippen molar-refractivity contribution in [1.29, 1.82) is 0 Å². The summed E-state index contributed by atoms with van der Waals surface area (Å²) >= 11 is 1.76. The number of likely N-dealkylation sites (tertiary alicyclic amines) is 1. The van der Waals surface area contributed by atoms with Crippen molar-refractivity contribution in [2.45, 2.75) is 44.2 Å². The lowest BCUT2D eigenvalue weighted by Gasteiger charge is -2.32. The largest absolute Gasteiger partial charge is 0.374 e. The minimum Gasteiger partial charge on any atom is -0.374 e. The molecule has 2 aliphatic heterocycles. The molecule has 2 aromatic rings. The van der Waals surface area contributed by atoms with Gasteiger partial charge in [0.05, 0.1) is 18.4 Å². The summed E-state index contributed by atoms with van der Waals surface area (Å²) in [6, 6.07) is 8.64. The number of rotatable bonds is 5. The molecule has 0 aromatic carbocycles. The number of aromatic nitrogens is 1. The highest BCUT2D eigenvalue weighted by atomic mass is 32.1. The minimum atomic E-state index is 0.140. The van der Waals surface area contributed by atoms with E-state index >= 15 is 0 Å². The molecule has 0 radical (unpaired) electrons. The van der Waals surface area contributed by atoms with Crippen molar-refractivity contribution in [2.24, 2.45) is 0 Å². The van der Waals surface area contributed by atoms with E-state index in [0.717, 1.165) is 31.8 Å². The van der Waals surface area contributed by atoms with Crippen LogP contribution >= 0.6 is 11.3 Å². The third kappa shape index (κ3) is 3.48. The fourth-order valence-electron chi connectivity index (χ4n) is 3.63. The molecule has 4 heterocycles. The van der Waals surface area contributed by atoms with Crippen LogP contribution in [0.25, 0.3) is 0 Å². The third-order valence-corrected chi connectivity index (χ3v) is 5.45. The molecule has 5 heteroatoms. The van der Waals surface area contributed by atoms with Gasteiger partial charge in [-0.25, -0.2) is 0 Å². The highest BCUT2D eigenvalue weighted by molar-refractivity contribution is 7.07. The fourth-order valence-corrected chi connectivity index (χ4v) is 4.29. The topological polar surface area (TPSA) is 34.6 Å². The first-order chi connectivity index (χ1) is 11.4. The summed E-state index contributed by atoms with van der Waals surface area (Å²) in [5.74, 6) is 0. The predicted molar refractivity (Wildman–Crippen MR) is 90.3 cm³/mol. The molecule has 23 heavy (non-hydrogen) atoms. The van der Waals surface area contributed by atoms with Crippen LogP contribution in [0.3, 0.4) is 0 Å². The first-order valence-corrected chi connectivity index (χ1v) is 9.23. The van der Waals surface area contributed by atoms with Gasteiger partial charge in [-0.2, -0.15) is 11.3 Å². The summed E-state index contributed by atoms with van der Waals surface area (Å²) in [7, 11) is 0. The Morgan fingerprint density at radius 2 is 2.35 bits per heavy atom. The van der Waals surface area contributed by atoms with E-state index in [1.165, 1.54) is 12.0 Å². The van der Waals surface area contributed by atoms with E-state index in [2.05, 4.69) is 26.7 Å². The Morgan fingerprint density at radius 1 is 1.35 bits per heavy atom. The van der Waals surface area contributed by atoms with Gasteiger partial charge in [0, 0.05) is 31.9 Å². The first-order valence-electron chi connectivity index (χ1n) is 8.28. The second-order valence-corrected chi connectivity index (χ2v) is 7.06. The normalized spacial score (nSPS) is 27.9. The number of hydrogen-bond acceptors (Lipinski definition) is 5. The van der Waals surface area contributed by atoms with Gasteiger partial charge in [-0.3, -0.25) is 9.88 Å². The molecule has 2 aromatic heterocycles. The Balaban J connectivity index is 1.42. The maximum atomic E-state index is 6.18.